The van der Waals surface area contributed by atoms with Crippen molar-refractivity contribution in [2.75, 3.05) is 62.7 Å². The first-order valence-corrected chi connectivity index (χ1v) is 11.7. The Kier molecular flexibility index (Phi) is 8.88. The van der Waals surface area contributed by atoms with Crippen LogP contribution in [0.2, 0.25) is 0 Å². The number of Topliss-reactive ketones (excluding diaryl/α,β-unsaturated/α-hetero) is 1. The van der Waals surface area contributed by atoms with Gasteiger partial charge in [0.15, 0.2) is 11.5 Å². The third kappa shape index (κ3) is 5.29. The number of aliphatic hydroxyl groups is 1. The van der Waals surface area contributed by atoms with Crippen molar-refractivity contribution in [3.8, 4) is 28.7 Å². The normalized spacial score (nSPS) is 16.8. The van der Waals surface area contributed by atoms with Gasteiger partial charge in [0.25, 0.3) is 11.7 Å². The van der Waals surface area contributed by atoms with Crippen LogP contribution in [0.25, 0.3) is 5.76 Å². The number of hydrogen-bond acceptors (Lipinski definition) is 9. The first-order chi connectivity index (χ1) is 17.7. The Morgan fingerprint density at radius 3 is 1.89 bits per heavy atom. The fourth-order valence-electron chi connectivity index (χ4n) is 4.49. The fraction of sp³-hybridized carbons (Fsp3) is 0.407. The van der Waals surface area contributed by atoms with Gasteiger partial charge >= 0.3 is 0 Å². The molecule has 0 spiro atoms. The summed E-state index contributed by atoms with van der Waals surface area (Å²) < 4.78 is 27.4. The minimum atomic E-state index is -0.925. The molecule has 0 radical (unpaired) electrons. The van der Waals surface area contributed by atoms with Crippen LogP contribution < -0.4 is 23.7 Å². The van der Waals surface area contributed by atoms with Gasteiger partial charge < -0.3 is 38.6 Å². The van der Waals surface area contributed by atoms with Crippen molar-refractivity contribution < 1.29 is 38.4 Å². The molecule has 37 heavy (non-hydrogen) atoms. The van der Waals surface area contributed by atoms with Crippen molar-refractivity contribution in [2.24, 2.45) is 0 Å². The standard InChI is InChI=1S/C27H34N2O8/c1-28(2)12-9-13-29-23(16-14-19(35-5)26(37-7)20(15-16)36-6)22(25(31)27(29)32)24(30)21-17(33-3)10-8-11-18(21)34-4/h8,10-11,14-15,23,30H,9,12-13H2,1-7H3/b24-22+. The summed E-state index contributed by atoms with van der Waals surface area (Å²) in [5.41, 5.74) is 0.595. The number of aliphatic hydroxyl groups excluding tert-OH is 1. The van der Waals surface area contributed by atoms with Gasteiger partial charge in [-0.15, -0.1) is 0 Å². The molecule has 1 aliphatic heterocycles. The van der Waals surface area contributed by atoms with E-state index in [4.69, 9.17) is 23.7 Å². The number of rotatable bonds is 11. The predicted molar refractivity (Wildman–Crippen MR) is 138 cm³/mol. The predicted octanol–water partition coefficient (Wildman–Crippen LogP) is 3.10. The van der Waals surface area contributed by atoms with E-state index in [9.17, 15) is 14.7 Å². The molecular formula is C27H34N2O8. The van der Waals surface area contributed by atoms with Crippen LogP contribution in [0.5, 0.6) is 28.7 Å². The van der Waals surface area contributed by atoms with E-state index in [1.807, 2.05) is 19.0 Å². The lowest BCUT2D eigenvalue weighted by molar-refractivity contribution is -0.139. The SMILES string of the molecule is COc1cc(C2/C(=C(\O)c3c(OC)cccc3OC)C(=O)C(=O)N2CCCN(C)C)cc(OC)c1OC. The average molecular weight is 515 g/mol. The summed E-state index contributed by atoms with van der Waals surface area (Å²) in [5.74, 6) is -0.275. The van der Waals surface area contributed by atoms with Crippen LogP contribution in [0, 0.1) is 0 Å². The second-order valence-corrected chi connectivity index (χ2v) is 8.65. The molecule has 0 bridgehead atoms. The zero-order chi connectivity index (χ0) is 27.3. The second-order valence-electron chi connectivity index (χ2n) is 8.65. The van der Waals surface area contributed by atoms with Crippen molar-refractivity contribution in [3.05, 3.63) is 47.0 Å². The lowest BCUT2D eigenvalue weighted by atomic mass is 9.94. The number of likely N-dealkylation sites (tertiary alicyclic amines) is 1. The maximum Gasteiger partial charge on any atom is 0.295 e. The average Bonchev–Trinajstić information content (AvgIpc) is 3.15. The van der Waals surface area contributed by atoms with E-state index in [0.717, 1.165) is 0 Å². The summed E-state index contributed by atoms with van der Waals surface area (Å²) in [6.45, 7) is 0.981. The highest BCUT2D eigenvalue weighted by Gasteiger charge is 2.47. The largest absolute Gasteiger partial charge is 0.506 e. The van der Waals surface area contributed by atoms with Gasteiger partial charge in [-0.05, 0) is 56.9 Å². The van der Waals surface area contributed by atoms with Crippen LogP contribution in [0.15, 0.2) is 35.9 Å². The van der Waals surface area contributed by atoms with Crippen molar-refractivity contribution >= 4 is 17.4 Å². The number of nitrogens with zero attached hydrogens (tertiary/aromatic N) is 2. The molecule has 2 aromatic carbocycles. The molecule has 1 heterocycles. The molecular weight excluding hydrogens is 480 g/mol. The number of ketones is 1. The molecule has 1 unspecified atom stereocenters. The van der Waals surface area contributed by atoms with Gasteiger partial charge in [0.05, 0.1) is 47.2 Å². The summed E-state index contributed by atoms with van der Waals surface area (Å²) >= 11 is 0. The smallest absolute Gasteiger partial charge is 0.295 e. The molecule has 3 rings (SSSR count). The van der Waals surface area contributed by atoms with Crippen LogP contribution in [-0.2, 0) is 9.59 Å². The topological polar surface area (TPSA) is 107 Å². The van der Waals surface area contributed by atoms with E-state index in [2.05, 4.69) is 0 Å². The maximum atomic E-state index is 13.5. The van der Waals surface area contributed by atoms with Gasteiger partial charge in [0.2, 0.25) is 5.75 Å². The molecule has 10 nitrogen and oxygen atoms in total. The lowest BCUT2D eigenvalue weighted by Gasteiger charge is -2.27. The summed E-state index contributed by atoms with van der Waals surface area (Å²) in [4.78, 5) is 30.2. The van der Waals surface area contributed by atoms with Crippen LogP contribution in [0.3, 0.4) is 0 Å². The van der Waals surface area contributed by atoms with Crippen LogP contribution in [0.1, 0.15) is 23.6 Å². The van der Waals surface area contributed by atoms with Gasteiger partial charge in [-0.1, -0.05) is 6.07 Å². The molecule has 0 aliphatic carbocycles. The first-order valence-electron chi connectivity index (χ1n) is 11.7. The lowest BCUT2D eigenvalue weighted by Crippen LogP contribution is -2.32. The molecule has 1 N–H and O–H groups in total. The third-order valence-corrected chi connectivity index (χ3v) is 6.21. The molecule has 1 saturated heterocycles. The van der Waals surface area contributed by atoms with E-state index in [0.29, 0.717) is 47.3 Å². The van der Waals surface area contributed by atoms with E-state index >= 15 is 0 Å². The van der Waals surface area contributed by atoms with Gasteiger partial charge in [0.1, 0.15) is 22.8 Å². The van der Waals surface area contributed by atoms with Gasteiger partial charge in [-0.2, -0.15) is 0 Å². The van der Waals surface area contributed by atoms with E-state index in [-0.39, 0.29) is 17.7 Å². The monoisotopic (exact) mass is 514 g/mol. The highest BCUT2D eigenvalue weighted by Crippen LogP contribution is 2.47. The molecule has 1 fully saturated rings. The number of carbonyl (C=O) groups excluding carboxylic acids is 2. The van der Waals surface area contributed by atoms with Crippen LogP contribution in [0.4, 0.5) is 0 Å². The molecule has 1 atom stereocenters. The van der Waals surface area contributed by atoms with Crippen molar-refractivity contribution in [2.45, 2.75) is 12.5 Å². The van der Waals surface area contributed by atoms with Gasteiger partial charge in [-0.3, -0.25) is 9.59 Å². The minimum Gasteiger partial charge on any atom is -0.506 e. The zero-order valence-electron chi connectivity index (χ0n) is 22.3. The number of hydrogen-bond donors (Lipinski definition) is 1. The minimum absolute atomic E-state index is 0.0908. The Morgan fingerprint density at radius 2 is 1.43 bits per heavy atom. The Hall–Kier alpha value is -3.92. The Morgan fingerprint density at radius 1 is 0.892 bits per heavy atom. The molecule has 1 amide bonds. The van der Waals surface area contributed by atoms with E-state index in [1.165, 1.54) is 40.4 Å². The number of carbonyl (C=O) groups is 2. The Labute approximate surface area is 216 Å². The number of amides is 1. The van der Waals surface area contributed by atoms with Gasteiger partial charge in [-0.25, -0.2) is 0 Å². The number of benzene rings is 2. The molecule has 0 aromatic heterocycles. The van der Waals surface area contributed by atoms with Crippen LogP contribution in [-0.4, -0.2) is 89.3 Å². The Bertz CT molecular complexity index is 1140. The molecule has 0 saturated carbocycles. The second kappa shape index (κ2) is 11.9. The quantitative estimate of drug-likeness (QED) is 0.275. The number of ether oxygens (including phenoxy) is 5. The van der Waals surface area contributed by atoms with E-state index in [1.54, 1.807) is 30.3 Å². The summed E-state index contributed by atoms with van der Waals surface area (Å²) in [6, 6.07) is 7.39. The highest BCUT2D eigenvalue weighted by atomic mass is 16.5. The molecule has 2 aromatic rings. The number of methoxy groups -OCH3 is 5. The molecule has 10 heteroatoms. The maximum absolute atomic E-state index is 13.5. The summed E-state index contributed by atoms with van der Waals surface area (Å²) in [6.07, 6.45) is 0.610. The van der Waals surface area contributed by atoms with Crippen molar-refractivity contribution in [3.63, 3.8) is 0 Å². The summed E-state index contributed by atoms with van der Waals surface area (Å²) in [7, 11) is 11.2. The zero-order valence-corrected chi connectivity index (χ0v) is 22.3. The molecule has 200 valence electrons. The highest BCUT2D eigenvalue weighted by molar-refractivity contribution is 6.46. The fourth-order valence-corrected chi connectivity index (χ4v) is 4.49. The Balaban J connectivity index is 2.31. The van der Waals surface area contributed by atoms with Crippen molar-refractivity contribution in [1.82, 2.24) is 9.80 Å². The molecule has 1 aliphatic rings. The first kappa shape index (κ1) is 27.7. The summed E-state index contributed by atoms with van der Waals surface area (Å²) in [5, 5.41) is 11.6. The van der Waals surface area contributed by atoms with Gasteiger partial charge in [0, 0.05) is 6.54 Å². The van der Waals surface area contributed by atoms with Crippen molar-refractivity contribution in [1.29, 1.82) is 0 Å². The van der Waals surface area contributed by atoms with Crippen LogP contribution >= 0.6 is 0 Å². The third-order valence-electron chi connectivity index (χ3n) is 6.21. The van der Waals surface area contributed by atoms with E-state index < -0.39 is 23.5 Å².